The van der Waals surface area contributed by atoms with Crippen LogP contribution in [0.4, 0.5) is 10.6 Å². The van der Waals surface area contributed by atoms with Crippen molar-refractivity contribution < 1.29 is 9.21 Å². The fourth-order valence-electron chi connectivity index (χ4n) is 1.67. The predicted octanol–water partition coefficient (Wildman–Crippen LogP) is 3.76. The van der Waals surface area contributed by atoms with Gasteiger partial charge >= 0.3 is 6.03 Å². The van der Waals surface area contributed by atoms with Crippen molar-refractivity contribution in [1.29, 1.82) is 0 Å². The van der Waals surface area contributed by atoms with Crippen LogP contribution in [-0.4, -0.2) is 16.0 Å². The lowest BCUT2D eigenvalue weighted by Crippen LogP contribution is -2.28. The second-order valence-electron chi connectivity index (χ2n) is 5.94. The predicted molar refractivity (Wildman–Crippen MR) is 87.7 cm³/mol. The van der Waals surface area contributed by atoms with E-state index in [1.165, 1.54) is 0 Å². The molecule has 0 bridgehead atoms. The third kappa shape index (κ3) is 4.30. The molecule has 2 aromatic heterocycles. The van der Waals surface area contributed by atoms with Crippen molar-refractivity contribution in [2.24, 2.45) is 0 Å². The molecule has 118 valence electrons. The number of aryl methyl sites for hydroxylation is 1. The van der Waals surface area contributed by atoms with Gasteiger partial charge in [0.25, 0.3) is 0 Å². The Morgan fingerprint density at radius 2 is 2.09 bits per heavy atom. The summed E-state index contributed by atoms with van der Waals surface area (Å²) in [6.45, 7) is 8.20. The van der Waals surface area contributed by atoms with E-state index in [0.29, 0.717) is 11.7 Å². The monoisotopic (exact) mass is 366 g/mol. The number of hydrogen-bond donors (Lipinski definition) is 2. The second-order valence-corrected chi connectivity index (χ2v) is 6.79. The van der Waals surface area contributed by atoms with Crippen LogP contribution in [0.1, 0.15) is 38.1 Å². The summed E-state index contributed by atoms with van der Waals surface area (Å²) in [5.41, 5.74) is 0.701. The zero-order chi connectivity index (χ0) is 16.3. The number of carbonyl (C=O) groups is 1. The Balaban J connectivity index is 1.90. The molecule has 2 aromatic rings. The van der Waals surface area contributed by atoms with E-state index in [1.54, 1.807) is 12.3 Å². The summed E-state index contributed by atoms with van der Waals surface area (Å²) in [6.07, 6.45) is 1.69. The molecule has 0 aliphatic heterocycles. The Kier molecular flexibility index (Phi) is 4.85. The molecule has 2 rings (SSSR count). The van der Waals surface area contributed by atoms with Gasteiger partial charge < -0.3 is 9.73 Å². The van der Waals surface area contributed by atoms with Crippen molar-refractivity contribution in [3.8, 4) is 0 Å². The molecule has 0 fully saturated rings. The van der Waals surface area contributed by atoms with Crippen LogP contribution in [0.3, 0.4) is 0 Å². The summed E-state index contributed by atoms with van der Waals surface area (Å²) in [4.78, 5) is 20.2. The first-order valence-electron chi connectivity index (χ1n) is 6.89. The van der Waals surface area contributed by atoms with Gasteiger partial charge in [-0.15, -0.1) is 0 Å². The molecular weight excluding hydrogens is 348 g/mol. The van der Waals surface area contributed by atoms with E-state index in [-0.39, 0.29) is 18.0 Å². The van der Waals surface area contributed by atoms with Crippen molar-refractivity contribution in [3.63, 3.8) is 0 Å². The molecule has 0 atom stereocenters. The zero-order valence-corrected chi connectivity index (χ0v) is 14.6. The molecule has 0 radical (unpaired) electrons. The number of urea groups is 1. The number of pyridine rings is 1. The van der Waals surface area contributed by atoms with E-state index in [4.69, 9.17) is 4.42 Å². The molecule has 0 aliphatic carbocycles. The molecule has 2 N–H and O–H groups in total. The summed E-state index contributed by atoms with van der Waals surface area (Å²) in [6, 6.07) is 3.20. The molecule has 7 heteroatoms. The summed E-state index contributed by atoms with van der Waals surface area (Å²) in [5, 5.41) is 5.35. The standard InChI is InChI=1S/C15H19BrN4O2/c1-9-10(16)5-6-12(19-9)20-14(21)18-8-13-17-7-11(22-13)15(2,3)4/h5-7H,8H2,1-4H3,(H2,18,19,20,21). The summed E-state index contributed by atoms with van der Waals surface area (Å²) in [5.74, 6) is 1.75. The number of amides is 2. The molecule has 0 spiro atoms. The number of nitrogens with one attached hydrogen (secondary N) is 2. The van der Waals surface area contributed by atoms with E-state index in [1.807, 2.05) is 33.8 Å². The third-order valence-corrected chi connectivity index (χ3v) is 3.79. The Bertz CT molecular complexity index is 676. The van der Waals surface area contributed by atoms with Gasteiger partial charge in [0.2, 0.25) is 5.89 Å². The average molecular weight is 367 g/mol. The molecule has 0 saturated heterocycles. The van der Waals surface area contributed by atoms with E-state index < -0.39 is 0 Å². The molecular formula is C15H19BrN4O2. The van der Waals surface area contributed by atoms with E-state index in [2.05, 4.69) is 36.5 Å². The van der Waals surface area contributed by atoms with Crippen LogP contribution < -0.4 is 10.6 Å². The Hall–Kier alpha value is -1.89. The van der Waals surface area contributed by atoms with Crippen molar-refractivity contribution in [2.75, 3.05) is 5.32 Å². The minimum atomic E-state index is -0.357. The van der Waals surface area contributed by atoms with Crippen molar-refractivity contribution in [2.45, 2.75) is 39.7 Å². The SMILES string of the molecule is Cc1nc(NC(=O)NCc2ncc(C(C)(C)C)o2)ccc1Br. The van der Waals surface area contributed by atoms with Crippen LogP contribution in [-0.2, 0) is 12.0 Å². The Morgan fingerprint density at radius 3 is 2.68 bits per heavy atom. The largest absolute Gasteiger partial charge is 0.443 e. The van der Waals surface area contributed by atoms with Gasteiger partial charge in [-0.2, -0.15) is 0 Å². The van der Waals surface area contributed by atoms with Gasteiger partial charge in [-0.05, 0) is 35.0 Å². The fourth-order valence-corrected chi connectivity index (χ4v) is 1.89. The van der Waals surface area contributed by atoms with Crippen LogP contribution in [0.15, 0.2) is 27.2 Å². The highest BCUT2D eigenvalue weighted by molar-refractivity contribution is 9.10. The molecule has 6 nitrogen and oxygen atoms in total. The number of nitrogens with zero attached hydrogens (tertiary/aromatic N) is 2. The van der Waals surface area contributed by atoms with Crippen molar-refractivity contribution >= 4 is 27.8 Å². The number of oxazole rings is 1. The molecule has 0 unspecified atom stereocenters. The van der Waals surface area contributed by atoms with Gasteiger partial charge in [-0.3, -0.25) is 5.32 Å². The molecule has 2 heterocycles. The topological polar surface area (TPSA) is 80.0 Å². The number of hydrogen-bond acceptors (Lipinski definition) is 4. The quantitative estimate of drug-likeness (QED) is 0.866. The highest BCUT2D eigenvalue weighted by atomic mass is 79.9. The van der Waals surface area contributed by atoms with Gasteiger partial charge in [0.1, 0.15) is 11.6 Å². The normalized spacial score (nSPS) is 11.3. The Labute approximate surface area is 137 Å². The average Bonchev–Trinajstić information content (AvgIpc) is 2.89. The maximum Gasteiger partial charge on any atom is 0.320 e. The van der Waals surface area contributed by atoms with Gasteiger partial charge in [0.05, 0.1) is 18.4 Å². The van der Waals surface area contributed by atoms with Gasteiger partial charge in [0, 0.05) is 9.89 Å². The van der Waals surface area contributed by atoms with Crippen LogP contribution >= 0.6 is 15.9 Å². The smallest absolute Gasteiger partial charge is 0.320 e. The van der Waals surface area contributed by atoms with E-state index >= 15 is 0 Å². The van der Waals surface area contributed by atoms with Gasteiger partial charge in [0.15, 0.2) is 0 Å². The number of rotatable bonds is 3. The lowest BCUT2D eigenvalue weighted by atomic mass is 9.94. The minimum Gasteiger partial charge on any atom is -0.443 e. The molecule has 0 saturated carbocycles. The zero-order valence-electron chi connectivity index (χ0n) is 13.0. The first kappa shape index (κ1) is 16.5. The lowest BCUT2D eigenvalue weighted by Gasteiger charge is -2.13. The number of carbonyl (C=O) groups excluding carboxylic acids is 1. The van der Waals surface area contributed by atoms with Crippen LogP contribution in [0.2, 0.25) is 0 Å². The van der Waals surface area contributed by atoms with Crippen LogP contribution in [0.5, 0.6) is 0 Å². The highest BCUT2D eigenvalue weighted by Gasteiger charge is 2.19. The van der Waals surface area contributed by atoms with Gasteiger partial charge in [-0.25, -0.2) is 14.8 Å². The van der Waals surface area contributed by atoms with Crippen molar-refractivity contribution in [3.05, 3.63) is 40.1 Å². The van der Waals surface area contributed by atoms with Gasteiger partial charge in [-0.1, -0.05) is 20.8 Å². The maximum atomic E-state index is 11.8. The fraction of sp³-hybridized carbons (Fsp3) is 0.400. The second kappa shape index (κ2) is 6.48. The van der Waals surface area contributed by atoms with E-state index in [0.717, 1.165) is 15.9 Å². The molecule has 2 amide bonds. The number of halogens is 1. The summed E-state index contributed by atoms with van der Waals surface area (Å²) < 4.78 is 6.50. The Morgan fingerprint density at radius 1 is 1.36 bits per heavy atom. The first-order valence-corrected chi connectivity index (χ1v) is 7.68. The highest BCUT2D eigenvalue weighted by Crippen LogP contribution is 2.22. The lowest BCUT2D eigenvalue weighted by molar-refractivity contribution is 0.250. The molecule has 0 aromatic carbocycles. The van der Waals surface area contributed by atoms with Crippen molar-refractivity contribution in [1.82, 2.24) is 15.3 Å². The first-order chi connectivity index (χ1) is 10.3. The van der Waals surface area contributed by atoms with E-state index in [9.17, 15) is 4.79 Å². The summed E-state index contributed by atoms with van der Waals surface area (Å²) >= 11 is 3.36. The third-order valence-electron chi connectivity index (χ3n) is 2.96. The van der Waals surface area contributed by atoms with Crippen LogP contribution in [0.25, 0.3) is 0 Å². The number of aromatic nitrogens is 2. The number of anilines is 1. The van der Waals surface area contributed by atoms with Crippen LogP contribution in [0, 0.1) is 6.92 Å². The molecule has 22 heavy (non-hydrogen) atoms. The minimum absolute atomic E-state index is 0.105. The summed E-state index contributed by atoms with van der Waals surface area (Å²) in [7, 11) is 0. The molecule has 0 aliphatic rings. The maximum absolute atomic E-state index is 11.8.